The summed E-state index contributed by atoms with van der Waals surface area (Å²) in [7, 11) is -3.52. The molecule has 1 fully saturated rings. The van der Waals surface area contributed by atoms with Crippen molar-refractivity contribution < 1.29 is 13.2 Å². The fourth-order valence-corrected chi connectivity index (χ4v) is 5.87. The first-order valence-electron chi connectivity index (χ1n) is 12.5. The van der Waals surface area contributed by atoms with Crippen molar-refractivity contribution in [1.82, 2.24) is 10.0 Å². The molecule has 0 heterocycles. The molecular weight excluding hydrogens is 432 g/mol. The lowest BCUT2D eigenvalue weighted by atomic mass is 9.87. The molecule has 0 aromatic heterocycles. The molecule has 1 aliphatic carbocycles. The first kappa shape index (κ1) is 25.9. The molecule has 2 aromatic rings. The zero-order valence-electron chi connectivity index (χ0n) is 19.8. The SMILES string of the molecule is C=CCCNCCCCCCOC1CCC(CNS(=O)(=O)c2cccc3ccccc23)CC1. The monoisotopic (exact) mass is 472 g/mol. The van der Waals surface area contributed by atoms with Crippen LogP contribution in [0.5, 0.6) is 0 Å². The molecule has 2 N–H and O–H groups in total. The molecule has 6 heteroatoms. The van der Waals surface area contributed by atoms with Crippen LogP contribution in [-0.4, -0.2) is 40.8 Å². The highest BCUT2D eigenvalue weighted by Gasteiger charge is 2.24. The molecule has 0 unspecified atom stereocenters. The minimum Gasteiger partial charge on any atom is -0.378 e. The van der Waals surface area contributed by atoms with Gasteiger partial charge in [0.1, 0.15) is 0 Å². The van der Waals surface area contributed by atoms with Gasteiger partial charge in [0.25, 0.3) is 0 Å². The highest BCUT2D eigenvalue weighted by Crippen LogP contribution is 2.27. The maximum absolute atomic E-state index is 12.9. The number of hydrogen-bond donors (Lipinski definition) is 2. The Morgan fingerprint density at radius 3 is 2.52 bits per heavy atom. The van der Waals surface area contributed by atoms with Crippen molar-refractivity contribution in [2.45, 2.75) is 68.8 Å². The lowest BCUT2D eigenvalue weighted by molar-refractivity contribution is 0.0167. The first-order chi connectivity index (χ1) is 16.1. The topological polar surface area (TPSA) is 67.4 Å². The Kier molecular flexibility index (Phi) is 10.9. The third kappa shape index (κ3) is 8.53. The maximum atomic E-state index is 12.9. The van der Waals surface area contributed by atoms with Crippen LogP contribution in [-0.2, 0) is 14.8 Å². The van der Waals surface area contributed by atoms with Gasteiger partial charge in [0.2, 0.25) is 10.0 Å². The van der Waals surface area contributed by atoms with Crippen molar-refractivity contribution in [3.8, 4) is 0 Å². The van der Waals surface area contributed by atoms with Gasteiger partial charge < -0.3 is 10.1 Å². The van der Waals surface area contributed by atoms with Gasteiger partial charge in [-0.15, -0.1) is 6.58 Å². The van der Waals surface area contributed by atoms with Gasteiger partial charge in [-0.2, -0.15) is 0 Å². The van der Waals surface area contributed by atoms with E-state index in [4.69, 9.17) is 4.74 Å². The summed E-state index contributed by atoms with van der Waals surface area (Å²) in [4.78, 5) is 0.366. The number of unbranched alkanes of at least 4 members (excludes halogenated alkanes) is 3. The normalized spacial score (nSPS) is 19.0. The quantitative estimate of drug-likeness (QED) is 0.268. The number of fused-ring (bicyclic) bond motifs is 1. The zero-order chi connectivity index (χ0) is 23.4. The van der Waals surface area contributed by atoms with E-state index in [2.05, 4.69) is 16.6 Å². The van der Waals surface area contributed by atoms with Crippen molar-refractivity contribution in [2.75, 3.05) is 26.2 Å². The summed E-state index contributed by atoms with van der Waals surface area (Å²) in [5.74, 6) is 0.378. The van der Waals surface area contributed by atoms with Crippen LogP contribution in [0.25, 0.3) is 10.8 Å². The molecule has 0 aliphatic heterocycles. The molecule has 3 rings (SSSR count). The van der Waals surface area contributed by atoms with Crippen LogP contribution >= 0.6 is 0 Å². The minimum atomic E-state index is -3.52. The van der Waals surface area contributed by atoms with Crippen LogP contribution in [0, 0.1) is 5.92 Å². The standard InChI is InChI=1S/C27H40N2O3S/c1-2-3-19-28-20-8-4-5-9-21-32-25-17-15-23(16-18-25)22-29-33(30,31)27-14-10-12-24-11-6-7-13-26(24)27/h2,6-7,10-14,23,25,28-29H,1,3-5,8-9,15-22H2. The van der Waals surface area contributed by atoms with E-state index >= 15 is 0 Å². The predicted octanol–water partition coefficient (Wildman–Crippen LogP) is 5.42. The summed E-state index contributed by atoms with van der Waals surface area (Å²) in [6, 6.07) is 13.1. The van der Waals surface area contributed by atoms with E-state index in [9.17, 15) is 8.42 Å². The smallest absolute Gasteiger partial charge is 0.241 e. The Morgan fingerprint density at radius 1 is 0.939 bits per heavy atom. The van der Waals surface area contributed by atoms with Crippen LogP contribution in [0.15, 0.2) is 60.0 Å². The van der Waals surface area contributed by atoms with E-state index < -0.39 is 10.0 Å². The van der Waals surface area contributed by atoms with E-state index in [1.54, 1.807) is 12.1 Å². The van der Waals surface area contributed by atoms with Crippen molar-refractivity contribution in [3.63, 3.8) is 0 Å². The molecule has 1 saturated carbocycles. The Bertz CT molecular complexity index is 947. The lowest BCUT2D eigenvalue weighted by Gasteiger charge is -2.28. The van der Waals surface area contributed by atoms with E-state index in [0.29, 0.717) is 23.5 Å². The molecule has 0 bridgehead atoms. The van der Waals surface area contributed by atoms with Gasteiger partial charge in [-0.05, 0) is 75.4 Å². The number of hydrogen-bond acceptors (Lipinski definition) is 4. The summed E-state index contributed by atoms with van der Waals surface area (Å²) in [6.45, 7) is 7.18. The van der Waals surface area contributed by atoms with Gasteiger partial charge in [0.05, 0.1) is 11.0 Å². The molecular formula is C27H40N2O3S. The molecule has 1 aliphatic rings. The van der Waals surface area contributed by atoms with Gasteiger partial charge in [-0.3, -0.25) is 0 Å². The summed E-state index contributed by atoms with van der Waals surface area (Å²) >= 11 is 0. The second-order valence-corrected chi connectivity index (χ2v) is 10.8. The van der Waals surface area contributed by atoms with E-state index in [0.717, 1.165) is 69.0 Å². The van der Waals surface area contributed by atoms with E-state index in [1.165, 1.54) is 19.3 Å². The van der Waals surface area contributed by atoms with Crippen molar-refractivity contribution in [3.05, 3.63) is 55.1 Å². The van der Waals surface area contributed by atoms with Crippen molar-refractivity contribution in [2.24, 2.45) is 5.92 Å². The third-order valence-corrected chi connectivity index (χ3v) is 8.00. The molecule has 33 heavy (non-hydrogen) atoms. The molecule has 0 saturated heterocycles. The van der Waals surface area contributed by atoms with Gasteiger partial charge in [-0.1, -0.05) is 55.3 Å². The van der Waals surface area contributed by atoms with Gasteiger partial charge in [-0.25, -0.2) is 13.1 Å². The Balaban J connectivity index is 1.29. The molecule has 2 aromatic carbocycles. The molecule has 0 atom stereocenters. The third-order valence-electron chi connectivity index (χ3n) is 6.52. The van der Waals surface area contributed by atoms with Crippen molar-refractivity contribution >= 4 is 20.8 Å². The van der Waals surface area contributed by atoms with E-state index in [1.807, 2.05) is 36.4 Å². The highest BCUT2D eigenvalue weighted by atomic mass is 32.2. The number of nitrogens with one attached hydrogen (secondary N) is 2. The average molecular weight is 473 g/mol. The fourth-order valence-electron chi connectivity index (χ4n) is 4.52. The second-order valence-electron chi connectivity index (χ2n) is 9.08. The zero-order valence-corrected chi connectivity index (χ0v) is 20.6. The summed E-state index contributed by atoms with van der Waals surface area (Å²) in [5, 5.41) is 5.14. The summed E-state index contributed by atoms with van der Waals surface area (Å²) in [5.41, 5.74) is 0. The summed E-state index contributed by atoms with van der Waals surface area (Å²) < 4.78 is 34.8. The van der Waals surface area contributed by atoms with E-state index in [-0.39, 0.29) is 0 Å². The van der Waals surface area contributed by atoms with Crippen LogP contribution in [0.4, 0.5) is 0 Å². The van der Waals surface area contributed by atoms with Crippen LogP contribution in [0.2, 0.25) is 0 Å². The molecule has 0 spiro atoms. The van der Waals surface area contributed by atoms with Gasteiger partial charge >= 0.3 is 0 Å². The molecule has 0 radical (unpaired) electrons. The van der Waals surface area contributed by atoms with Crippen LogP contribution in [0.3, 0.4) is 0 Å². The average Bonchev–Trinajstić information content (AvgIpc) is 2.84. The Labute approximate surface area is 200 Å². The lowest BCUT2D eigenvalue weighted by Crippen LogP contribution is -2.33. The van der Waals surface area contributed by atoms with Gasteiger partial charge in [0, 0.05) is 18.5 Å². The Morgan fingerprint density at radius 2 is 1.70 bits per heavy atom. The van der Waals surface area contributed by atoms with Gasteiger partial charge in [0.15, 0.2) is 0 Å². The number of benzene rings is 2. The summed E-state index contributed by atoms with van der Waals surface area (Å²) in [6.07, 6.45) is 12.2. The number of ether oxygens (including phenoxy) is 1. The molecule has 182 valence electrons. The maximum Gasteiger partial charge on any atom is 0.241 e. The number of rotatable bonds is 15. The molecule has 5 nitrogen and oxygen atoms in total. The van der Waals surface area contributed by atoms with Crippen molar-refractivity contribution in [1.29, 1.82) is 0 Å². The van der Waals surface area contributed by atoms with Crippen LogP contribution in [0.1, 0.15) is 57.8 Å². The number of sulfonamides is 1. The largest absolute Gasteiger partial charge is 0.378 e. The highest BCUT2D eigenvalue weighted by molar-refractivity contribution is 7.89. The molecule has 0 amide bonds. The second kappa shape index (κ2) is 13.9. The van der Waals surface area contributed by atoms with Crippen LogP contribution < -0.4 is 10.0 Å². The fraction of sp³-hybridized carbons (Fsp3) is 0.556. The Hall–Kier alpha value is -1.73. The first-order valence-corrected chi connectivity index (χ1v) is 14.0. The minimum absolute atomic E-state index is 0.330. The predicted molar refractivity (Wildman–Crippen MR) is 137 cm³/mol.